The number of ketones is 1. The molecular weight excluding hydrogens is 178 g/mol. The van der Waals surface area contributed by atoms with E-state index in [1.807, 2.05) is 13.8 Å². The second-order valence-electron chi connectivity index (χ2n) is 3.00. The van der Waals surface area contributed by atoms with Gasteiger partial charge in [0, 0.05) is 14.4 Å². The third-order valence-corrected chi connectivity index (χ3v) is 2.20. The Labute approximate surface area is 87.5 Å². The zero-order valence-electron chi connectivity index (χ0n) is 9.34. The van der Waals surface area contributed by atoms with Gasteiger partial charge in [-0.05, 0) is 25.9 Å². The van der Waals surface area contributed by atoms with Crippen molar-refractivity contribution in [2.24, 2.45) is 16.6 Å². The molecule has 0 spiro atoms. The second-order valence-corrected chi connectivity index (χ2v) is 3.00. The van der Waals surface area contributed by atoms with E-state index in [2.05, 4.69) is 10.3 Å². The average molecular weight is 201 g/mol. The van der Waals surface area contributed by atoms with Gasteiger partial charge in [0.25, 0.3) is 0 Å². The lowest BCUT2D eigenvalue weighted by Gasteiger charge is -2.20. The molecule has 0 radical (unpaired) electrons. The molecule has 14 heavy (non-hydrogen) atoms. The number of nitrogens with zero attached hydrogens (tertiary/aromatic N) is 1. The number of aliphatic imine (C=N–C) groups is 1. The van der Waals surface area contributed by atoms with Gasteiger partial charge in [-0.25, -0.2) is 0 Å². The number of Topliss-reactive ketones (excluding diaryl/α,β-unsaturated/α-hetero) is 1. The van der Waals surface area contributed by atoms with Crippen molar-refractivity contribution in [3.8, 4) is 0 Å². The highest BCUT2D eigenvalue weighted by Crippen LogP contribution is 2.12. The Bertz CT molecular complexity index is 201. The van der Waals surface area contributed by atoms with Crippen LogP contribution in [-0.2, 0) is 4.79 Å². The van der Waals surface area contributed by atoms with Crippen molar-refractivity contribution in [1.82, 2.24) is 5.32 Å². The second kappa shape index (κ2) is 7.50. The number of carbonyl (C=O) groups excluding carboxylic acids is 1. The molecule has 1 aliphatic rings. The first kappa shape index (κ1) is 13.1. The van der Waals surface area contributed by atoms with Gasteiger partial charge in [0.15, 0.2) is 11.6 Å². The van der Waals surface area contributed by atoms with Crippen LogP contribution in [0.5, 0.6) is 0 Å². The minimum absolute atomic E-state index is 0. The van der Waals surface area contributed by atoms with Gasteiger partial charge in [-0.3, -0.25) is 9.79 Å². The van der Waals surface area contributed by atoms with Crippen LogP contribution >= 0.6 is 0 Å². The molecule has 0 aromatic heterocycles. The molecule has 0 aromatic rings. The molecule has 0 unspecified atom stereocenters. The molecular formula is C10H23N3O. The van der Waals surface area contributed by atoms with Gasteiger partial charge >= 0.3 is 0 Å². The number of carbonyl (C=O) groups is 1. The molecule has 1 aliphatic heterocycles. The molecule has 4 heteroatoms. The number of nitrogens with two attached hydrogens (primary N) is 1. The Balaban J connectivity index is 0. The molecule has 3 N–H and O–H groups in total. The minimum atomic E-state index is 0. The third kappa shape index (κ3) is 3.87. The molecule has 0 saturated carbocycles. The van der Waals surface area contributed by atoms with Crippen molar-refractivity contribution < 1.29 is 6.22 Å². The van der Waals surface area contributed by atoms with Crippen molar-refractivity contribution >= 4 is 11.6 Å². The quantitative estimate of drug-likeness (QED) is 0.513. The minimum Gasteiger partial charge on any atom is -0.381 e. The topological polar surface area (TPSA) is 67.5 Å². The lowest BCUT2D eigenvalue weighted by Crippen LogP contribution is -2.37. The summed E-state index contributed by atoms with van der Waals surface area (Å²) in [5.41, 5.74) is 5.43. The smallest absolute Gasteiger partial charge is 0.200 e. The van der Waals surface area contributed by atoms with E-state index < -0.39 is 0 Å². The number of amidine groups is 1. The maximum atomic E-state index is 11.4. The molecule has 1 saturated heterocycles. The third-order valence-electron chi connectivity index (χ3n) is 2.20. The van der Waals surface area contributed by atoms with E-state index in [4.69, 9.17) is 5.73 Å². The largest absolute Gasteiger partial charge is 0.381 e. The molecule has 0 aliphatic carbocycles. The number of piperidine rings is 1. The summed E-state index contributed by atoms with van der Waals surface area (Å²) < 4.78 is 0. The van der Waals surface area contributed by atoms with Crippen LogP contribution in [0.4, 0.5) is 0 Å². The molecule has 4 nitrogen and oxygen atoms in total. The van der Waals surface area contributed by atoms with Crippen LogP contribution in [0, 0.1) is 5.92 Å². The summed E-state index contributed by atoms with van der Waals surface area (Å²) in [7, 11) is 1.55. The fourth-order valence-electron chi connectivity index (χ4n) is 1.40. The highest BCUT2D eigenvalue weighted by molar-refractivity contribution is 6.38. The predicted molar refractivity (Wildman–Crippen MR) is 61.6 cm³/mol. The van der Waals surface area contributed by atoms with Crippen LogP contribution in [0.25, 0.3) is 0 Å². The Morgan fingerprint density at radius 2 is 1.93 bits per heavy atom. The lowest BCUT2D eigenvalue weighted by atomic mass is 9.93. The van der Waals surface area contributed by atoms with Crippen molar-refractivity contribution in [1.29, 1.82) is 0 Å². The average Bonchev–Trinajstić information content (AvgIpc) is 2.31. The Kier molecular flexibility index (Phi) is 7.02. The highest BCUT2D eigenvalue weighted by atomic mass is 16.1. The molecule has 84 valence electrons. The summed E-state index contributed by atoms with van der Waals surface area (Å²) in [6.45, 7) is 5.82. The first-order valence-corrected chi connectivity index (χ1v) is 5.23. The Hall–Kier alpha value is -0.900. The summed E-state index contributed by atoms with van der Waals surface area (Å²) in [5.74, 6) is 0.274. The Morgan fingerprint density at radius 1 is 1.43 bits per heavy atom. The summed E-state index contributed by atoms with van der Waals surface area (Å²) in [6.07, 6.45) is 1.77. The van der Waals surface area contributed by atoms with Gasteiger partial charge in [-0.15, -0.1) is 0 Å². The zero-order valence-corrected chi connectivity index (χ0v) is 9.34. The van der Waals surface area contributed by atoms with Crippen molar-refractivity contribution in [2.75, 3.05) is 20.1 Å². The molecule has 0 aromatic carbocycles. The van der Waals surface area contributed by atoms with Crippen molar-refractivity contribution in [3.05, 3.63) is 0 Å². The van der Waals surface area contributed by atoms with Crippen LogP contribution in [0.2, 0.25) is 0 Å². The standard InChI is InChI=1S/C8H15N3O.C2H6.H2/c1-10-8(9)7(12)6-2-4-11-5-3-6;1-2;/h6,11H,2-5H2,1H3,(H2,9,10);1-2H3;1H. The maximum Gasteiger partial charge on any atom is 0.200 e. The van der Waals surface area contributed by atoms with Crippen molar-refractivity contribution in [2.45, 2.75) is 26.7 Å². The summed E-state index contributed by atoms with van der Waals surface area (Å²) >= 11 is 0. The summed E-state index contributed by atoms with van der Waals surface area (Å²) in [4.78, 5) is 15.1. The molecule has 1 heterocycles. The first-order valence-electron chi connectivity index (χ1n) is 5.23. The molecule has 1 fully saturated rings. The van der Waals surface area contributed by atoms with Crippen LogP contribution in [0.1, 0.15) is 28.1 Å². The van der Waals surface area contributed by atoms with Crippen molar-refractivity contribution in [3.63, 3.8) is 0 Å². The number of hydrogen-bond acceptors (Lipinski definition) is 3. The van der Waals surface area contributed by atoms with Gasteiger partial charge in [-0.2, -0.15) is 0 Å². The van der Waals surface area contributed by atoms with Crippen LogP contribution in [0.3, 0.4) is 0 Å². The molecule has 0 atom stereocenters. The lowest BCUT2D eigenvalue weighted by molar-refractivity contribution is -0.117. The van der Waals surface area contributed by atoms with Gasteiger partial charge in [0.1, 0.15) is 0 Å². The Morgan fingerprint density at radius 3 is 2.36 bits per heavy atom. The normalized spacial score (nSPS) is 18.4. The van der Waals surface area contributed by atoms with Gasteiger partial charge in [0.05, 0.1) is 0 Å². The number of rotatable bonds is 2. The van der Waals surface area contributed by atoms with Crippen LogP contribution < -0.4 is 11.1 Å². The predicted octanol–water partition coefficient (Wildman–Crippen LogP) is 0.814. The van der Waals surface area contributed by atoms with E-state index in [1.165, 1.54) is 0 Å². The van der Waals surface area contributed by atoms with E-state index in [9.17, 15) is 4.79 Å². The van der Waals surface area contributed by atoms with E-state index in [1.54, 1.807) is 7.05 Å². The monoisotopic (exact) mass is 201 g/mol. The van der Waals surface area contributed by atoms with E-state index in [-0.39, 0.29) is 19.0 Å². The fraction of sp³-hybridized carbons (Fsp3) is 0.800. The SMILES string of the molecule is CC.CN=C(N)C(=O)C1CCNCC1.[HH]. The summed E-state index contributed by atoms with van der Waals surface area (Å²) in [6, 6.07) is 0. The van der Waals surface area contributed by atoms with Gasteiger partial charge < -0.3 is 11.1 Å². The van der Waals surface area contributed by atoms with Crippen LogP contribution in [0.15, 0.2) is 4.99 Å². The molecule has 1 rings (SSSR count). The number of hydrogen-bond donors (Lipinski definition) is 2. The number of nitrogens with one attached hydrogen (secondary N) is 1. The van der Waals surface area contributed by atoms with E-state index in [0.29, 0.717) is 0 Å². The van der Waals surface area contributed by atoms with E-state index in [0.717, 1.165) is 25.9 Å². The highest BCUT2D eigenvalue weighted by Gasteiger charge is 2.22. The van der Waals surface area contributed by atoms with Gasteiger partial charge in [-0.1, -0.05) is 13.8 Å². The summed E-state index contributed by atoms with van der Waals surface area (Å²) in [5, 5.41) is 3.19. The molecule has 0 amide bonds. The molecule has 0 bridgehead atoms. The van der Waals surface area contributed by atoms with Crippen LogP contribution in [-0.4, -0.2) is 31.8 Å². The fourth-order valence-corrected chi connectivity index (χ4v) is 1.40. The first-order chi connectivity index (χ1) is 6.75. The van der Waals surface area contributed by atoms with E-state index >= 15 is 0 Å². The zero-order chi connectivity index (χ0) is 11.0. The van der Waals surface area contributed by atoms with Gasteiger partial charge in [0.2, 0.25) is 0 Å². The maximum absolute atomic E-state index is 11.4.